The molecule has 3 aliphatic rings. The van der Waals surface area contributed by atoms with Crippen LogP contribution in [0.2, 0.25) is 0 Å². The number of carbonyl (C=O) groups excluding carboxylic acids is 2. The third-order valence-corrected chi connectivity index (χ3v) is 6.26. The zero-order valence-electron chi connectivity index (χ0n) is 15.9. The first-order valence-corrected chi connectivity index (χ1v) is 9.73. The van der Waals surface area contributed by atoms with Crippen LogP contribution >= 0.6 is 0 Å². The van der Waals surface area contributed by atoms with Crippen molar-refractivity contribution in [1.29, 1.82) is 0 Å². The molecule has 0 saturated carbocycles. The van der Waals surface area contributed by atoms with E-state index >= 15 is 0 Å². The van der Waals surface area contributed by atoms with Crippen LogP contribution in [0.3, 0.4) is 0 Å². The lowest BCUT2D eigenvalue weighted by Gasteiger charge is -2.34. The van der Waals surface area contributed by atoms with Crippen molar-refractivity contribution in [2.75, 3.05) is 13.2 Å². The largest absolute Gasteiger partial charge is 0.351 e. The second kappa shape index (κ2) is 6.37. The van der Waals surface area contributed by atoms with E-state index in [9.17, 15) is 9.59 Å². The minimum atomic E-state index is -0.578. The van der Waals surface area contributed by atoms with Crippen LogP contribution in [-0.4, -0.2) is 62.1 Å². The van der Waals surface area contributed by atoms with E-state index in [1.165, 1.54) is 0 Å². The van der Waals surface area contributed by atoms with E-state index in [2.05, 4.69) is 25.8 Å². The van der Waals surface area contributed by atoms with Gasteiger partial charge < -0.3 is 19.1 Å². The van der Waals surface area contributed by atoms with Gasteiger partial charge in [0, 0.05) is 44.7 Å². The highest BCUT2D eigenvalue weighted by atomic mass is 16.5. The van der Waals surface area contributed by atoms with Gasteiger partial charge in [0.15, 0.2) is 5.72 Å². The highest BCUT2D eigenvalue weighted by Crippen LogP contribution is 2.48. The third kappa shape index (κ3) is 2.47. The first kappa shape index (κ1) is 17.5. The molecule has 1 aromatic rings. The summed E-state index contributed by atoms with van der Waals surface area (Å²) in [7, 11) is 0. The molecular formula is C19H28N4O3. The fourth-order valence-corrected chi connectivity index (χ4v) is 4.89. The summed E-state index contributed by atoms with van der Waals surface area (Å²) in [5, 5.41) is 0. The van der Waals surface area contributed by atoms with Gasteiger partial charge in [-0.2, -0.15) is 0 Å². The second-order valence-electron chi connectivity index (χ2n) is 7.93. The Morgan fingerprint density at radius 1 is 1.46 bits per heavy atom. The van der Waals surface area contributed by atoms with Gasteiger partial charge in [-0.25, -0.2) is 4.98 Å². The lowest BCUT2D eigenvalue weighted by molar-refractivity contribution is -0.141. The summed E-state index contributed by atoms with van der Waals surface area (Å²) in [6.45, 7) is 8.20. The van der Waals surface area contributed by atoms with Crippen LogP contribution < -0.4 is 0 Å². The van der Waals surface area contributed by atoms with Gasteiger partial charge in [-0.1, -0.05) is 20.8 Å². The summed E-state index contributed by atoms with van der Waals surface area (Å²) in [5.74, 6) is 1.59. The summed E-state index contributed by atoms with van der Waals surface area (Å²) >= 11 is 0. The van der Waals surface area contributed by atoms with Crippen molar-refractivity contribution >= 4 is 11.8 Å². The Bertz CT molecular complexity index is 715. The predicted octanol–water partition coefficient (Wildman–Crippen LogP) is 1.42. The van der Waals surface area contributed by atoms with Crippen LogP contribution in [0.25, 0.3) is 0 Å². The van der Waals surface area contributed by atoms with Crippen LogP contribution in [0.4, 0.5) is 0 Å². The summed E-state index contributed by atoms with van der Waals surface area (Å²) in [6.07, 6.45) is 6.10. The van der Waals surface area contributed by atoms with Gasteiger partial charge in [-0.15, -0.1) is 0 Å². The van der Waals surface area contributed by atoms with Gasteiger partial charge in [-0.3, -0.25) is 9.59 Å². The Hall–Kier alpha value is -1.89. The molecule has 7 heteroatoms. The average molecular weight is 360 g/mol. The van der Waals surface area contributed by atoms with Crippen LogP contribution in [0.15, 0.2) is 12.4 Å². The first-order valence-electron chi connectivity index (χ1n) is 9.73. The number of rotatable bonds is 5. The lowest BCUT2D eigenvalue weighted by atomic mass is 10.0. The summed E-state index contributed by atoms with van der Waals surface area (Å²) in [5.41, 5.74) is -0.578. The van der Waals surface area contributed by atoms with E-state index in [4.69, 9.17) is 4.74 Å². The van der Waals surface area contributed by atoms with Crippen molar-refractivity contribution < 1.29 is 14.3 Å². The van der Waals surface area contributed by atoms with Crippen LogP contribution in [-0.2, 0) is 27.3 Å². The monoisotopic (exact) mass is 360 g/mol. The molecule has 26 heavy (non-hydrogen) atoms. The summed E-state index contributed by atoms with van der Waals surface area (Å²) in [4.78, 5) is 33.7. The maximum Gasteiger partial charge on any atom is 0.227 e. The topological polar surface area (TPSA) is 67.7 Å². The average Bonchev–Trinajstić information content (AvgIpc) is 3.34. The van der Waals surface area contributed by atoms with Crippen LogP contribution in [0.5, 0.6) is 0 Å². The molecule has 7 nitrogen and oxygen atoms in total. The molecule has 1 spiro atoms. The zero-order valence-corrected chi connectivity index (χ0v) is 15.9. The molecule has 142 valence electrons. The highest BCUT2D eigenvalue weighted by Gasteiger charge is 2.65. The lowest BCUT2D eigenvalue weighted by Crippen LogP contribution is -2.51. The molecule has 1 aromatic heterocycles. The zero-order chi connectivity index (χ0) is 18.5. The van der Waals surface area contributed by atoms with Gasteiger partial charge in [0.2, 0.25) is 11.8 Å². The first-order chi connectivity index (χ1) is 12.5. The smallest absolute Gasteiger partial charge is 0.227 e. The number of hydrogen-bond donors (Lipinski definition) is 0. The molecule has 2 amide bonds. The van der Waals surface area contributed by atoms with Gasteiger partial charge in [0.25, 0.3) is 0 Å². The molecular weight excluding hydrogens is 332 g/mol. The highest BCUT2D eigenvalue weighted by molar-refractivity contribution is 5.85. The molecule has 0 unspecified atom stereocenters. The Labute approximate surface area is 154 Å². The molecule has 3 atom stereocenters. The van der Waals surface area contributed by atoms with Gasteiger partial charge in [0.1, 0.15) is 5.82 Å². The van der Waals surface area contributed by atoms with Crippen molar-refractivity contribution in [1.82, 2.24) is 19.4 Å². The molecule has 0 N–H and O–H groups in total. The quantitative estimate of drug-likeness (QED) is 0.796. The number of ether oxygens (including phenoxy) is 1. The van der Waals surface area contributed by atoms with E-state index in [1.807, 2.05) is 20.6 Å². The third-order valence-electron chi connectivity index (χ3n) is 6.26. The van der Waals surface area contributed by atoms with E-state index in [1.54, 1.807) is 6.20 Å². The van der Waals surface area contributed by atoms with Crippen LogP contribution in [0, 0.1) is 5.92 Å². The maximum absolute atomic E-state index is 12.9. The van der Waals surface area contributed by atoms with Crippen molar-refractivity contribution in [2.24, 2.45) is 5.92 Å². The minimum Gasteiger partial charge on any atom is -0.351 e. The van der Waals surface area contributed by atoms with Crippen molar-refractivity contribution in [3.05, 3.63) is 18.2 Å². The van der Waals surface area contributed by atoms with Gasteiger partial charge in [0.05, 0.1) is 25.1 Å². The van der Waals surface area contributed by atoms with E-state index < -0.39 is 5.72 Å². The molecule has 3 aliphatic heterocycles. The van der Waals surface area contributed by atoms with Gasteiger partial charge in [-0.05, 0) is 5.92 Å². The van der Waals surface area contributed by atoms with Crippen LogP contribution in [0.1, 0.15) is 45.9 Å². The Morgan fingerprint density at radius 3 is 3.00 bits per heavy atom. The SMILES string of the molecule is CCc1nccn1CCC(=O)N1CC[C@@]23OC[C@@H](C(C)C)N2C(=O)C[C@@H]13. The Balaban J connectivity index is 1.47. The van der Waals surface area contributed by atoms with Crippen molar-refractivity contribution in [3.63, 3.8) is 0 Å². The standard InChI is InChI=1S/C19H28N4O3/c1-4-16-20-7-10-21(16)8-5-17(24)22-9-6-19-15(22)11-18(25)23(19)14(12-26-19)13(2)3/h7,10,13-15H,4-6,8-9,11-12H2,1-3H3/t14-,15+,19-/m0/s1. The minimum absolute atomic E-state index is 0.105. The summed E-state index contributed by atoms with van der Waals surface area (Å²) < 4.78 is 8.23. The second-order valence-corrected chi connectivity index (χ2v) is 7.93. The number of aryl methyl sites for hydroxylation is 2. The molecule has 0 aliphatic carbocycles. The van der Waals surface area contributed by atoms with Crippen molar-refractivity contribution in [2.45, 2.75) is 70.8 Å². The normalized spacial score (nSPS) is 30.4. The Kier molecular flexibility index (Phi) is 4.29. The van der Waals surface area contributed by atoms with E-state index in [0.717, 1.165) is 18.7 Å². The number of nitrogens with zero attached hydrogens (tertiary/aromatic N) is 4. The van der Waals surface area contributed by atoms with Crippen molar-refractivity contribution in [3.8, 4) is 0 Å². The predicted molar refractivity (Wildman–Crippen MR) is 95.1 cm³/mol. The number of likely N-dealkylation sites (tertiary alicyclic amines) is 1. The number of amides is 2. The molecule has 4 heterocycles. The van der Waals surface area contributed by atoms with E-state index in [-0.39, 0.29) is 23.9 Å². The molecule has 0 radical (unpaired) electrons. The molecule has 0 bridgehead atoms. The fraction of sp³-hybridized carbons (Fsp3) is 0.737. The fourth-order valence-electron chi connectivity index (χ4n) is 4.89. The molecule has 0 aromatic carbocycles. The number of carbonyl (C=O) groups is 2. The number of imidazole rings is 1. The summed E-state index contributed by atoms with van der Waals surface area (Å²) in [6, 6.07) is -0.0136. The number of aromatic nitrogens is 2. The Morgan fingerprint density at radius 2 is 2.27 bits per heavy atom. The maximum atomic E-state index is 12.9. The molecule has 3 saturated heterocycles. The molecule has 4 rings (SSSR count). The number of hydrogen-bond acceptors (Lipinski definition) is 4. The molecule has 3 fully saturated rings. The van der Waals surface area contributed by atoms with E-state index in [0.29, 0.717) is 38.5 Å². The van der Waals surface area contributed by atoms with Gasteiger partial charge >= 0.3 is 0 Å².